The largest absolute Gasteiger partial charge is 0.303 e. The Morgan fingerprint density at radius 2 is 1.55 bits per heavy atom. The van der Waals surface area contributed by atoms with E-state index in [-0.39, 0.29) is 0 Å². The molecule has 2 heteroatoms. The molecule has 0 aromatic rings. The summed E-state index contributed by atoms with van der Waals surface area (Å²) in [7, 11) is 6.45. The summed E-state index contributed by atoms with van der Waals surface area (Å²) < 4.78 is 0. The lowest BCUT2D eigenvalue weighted by Crippen LogP contribution is -2.65. The fourth-order valence-corrected chi connectivity index (χ4v) is 1.40. The predicted octanol–water partition coefficient (Wildman–Crippen LogP) is 1.28. The fraction of sp³-hybridized carbons (Fsp3) is 1.00. The van der Waals surface area contributed by atoms with E-state index in [1.807, 2.05) is 13.8 Å². The van der Waals surface area contributed by atoms with Crippen LogP contribution < -0.4 is 0 Å². The van der Waals surface area contributed by atoms with Gasteiger partial charge in [-0.1, -0.05) is 13.8 Å². The van der Waals surface area contributed by atoms with Gasteiger partial charge in [-0.15, -0.1) is 0 Å². The van der Waals surface area contributed by atoms with Crippen molar-refractivity contribution in [1.29, 1.82) is 0 Å². The monoisotopic (exact) mass is 158 g/mol. The van der Waals surface area contributed by atoms with E-state index in [1.165, 1.54) is 13.1 Å². The maximum atomic E-state index is 2.33. The van der Waals surface area contributed by atoms with Crippen LogP contribution in [0.3, 0.4) is 0 Å². The van der Waals surface area contributed by atoms with Gasteiger partial charge in [-0.25, -0.2) is 0 Å². The Bertz CT molecular complexity index is 104. The SMILES string of the molecule is CC.CN1CC(C)(N(C)C)C1. The molecule has 0 N–H and O–H groups in total. The van der Waals surface area contributed by atoms with Crippen LogP contribution in [0.5, 0.6) is 0 Å². The molecular weight excluding hydrogens is 136 g/mol. The van der Waals surface area contributed by atoms with Gasteiger partial charge in [-0.3, -0.25) is 0 Å². The van der Waals surface area contributed by atoms with Crippen molar-refractivity contribution >= 4 is 0 Å². The van der Waals surface area contributed by atoms with Crippen LogP contribution >= 0.6 is 0 Å². The zero-order chi connectivity index (χ0) is 9.07. The molecule has 0 unspecified atom stereocenters. The van der Waals surface area contributed by atoms with Crippen LogP contribution in [0.4, 0.5) is 0 Å². The topological polar surface area (TPSA) is 6.48 Å². The van der Waals surface area contributed by atoms with Gasteiger partial charge < -0.3 is 9.80 Å². The van der Waals surface area contributed by atoms with Crippen molar-refractivity contribution in [1.82, 2.24) is 9.80 Å². The Morgan fingerprint density at radius 1 is 1.18 bits per heavy atom. The van der Waals surface area contributed by atoms with Gasteiger partial charge in [0.25, 0.3) is 0 Å². The van der Waals surface area contributed by atoms with Crippen molar-refractivity contribution < 1.29 is 0 Å². The van der Waals surface area contributed by atoms with Crippen molar-refractivity contribution in [3.05, 3.63) is 0 Å². The minimum atomic E-state index is 0.453. The summed E-state index contributed by atoms with van der Waals surface area (Å²) in [5, 5.41) is 0. The molecule has 2 nitrogen and oxygen atoms in total. The lowest BCUT2D eigenvalue weighted by Gasteiger charge is -2.50. The maximum absolute atomic E-state index is 2.33. The van der Waals surface area contributed by atoms with Gasteiger partial charge in [0.1, 0.15) is 0 Å². The zero-order valence-electron chi connectivity index (χ0n) is 8.81. The molecule has 1 fully saturated rings. The Labute approximate surface area is 71.2 Å². The number of likely N-dealkylation sites (N-methyl/N-ethyl adjacent to an activating group) is 2. The van der Waals surface area contributed by atoms with Crippen LogP contribution in [0, 0.1) is 0 Å². The first kappa shape index (κ1) is 10.9. The summed E-state index contributed by atoms with van der Waals surface area (Å²) in [5.41, 5.74) is 0.453. The van der Waals surface area contributed by atoms with Crippen LogP contribution in [-0.2, 0) is 0 Å². The minimum absolute atomic E-state index is 0.453. The van der Waals surface area contributed by atoms with Crippen molar-refractivity contribution in [2.45, 2.75) is 26.3 Å². The van der Waals surface area contributed by atoms with E-state index in [4.69, 9.17) is 0 Å². The van der Waals surface area contributed by atoms with Gasteiger partial charge in [0.2, 0.25) is 0 Å². The van der Waals surface area contributed by atoms with Crippen LogP contribution in [0.25, 0.3) is 0 Å². The third-order valence-corrected chi connectivity index (χ3v) is 2.30. The molecule has 1 saturated heterocycles. The molecule has 0 radical (unpaired) electrons. The number of hydrogen-bond donors (Lipinski definition) is 0. The summed E-state index contributed by atoms with van der Waals surface area (Å²) in [6.07, 6.45) is 0. The average Bonchev–Trinajstić information content (AvgIpc) is 1.89. The van der Waals surface area contributed by atoms with Crippen LogP contribution in [0.1, 0.15) is 20.8 Å². The molecule has 0 bridgehead atoms. The molecule has 0 amide bonds. The molecule has 68 valence electrons. The third-order valence-electron chi connectivity index (χ3n) is 2.30. The lowest BCUT2D eigenvalue weighted by atomic mass is 9.92. The first-order chi connectivity index (χ1) is 5.04. The summed E-state index contributed by atoms with van der Waals surface area (Å²) in [6.45, 7) is 8.72. The number of likely N-dealkylation sites (tertiary alicyclic amines) is 1. The van der Waals surface area contributed by atoms with E-state index < -0.39 is 0 Å². The molecule has 11 heavy (non-hydrogen) atoms. The van der Waals surface area contributed by atoms with Gasteiger partial charge >= 0.3 is 0 Å². The van der Waals surface area contributed by atoms with Crippen molar-refractivity contribution in [2.24, 2.45) is 0 Å². The molecule has 0 aliphatic carbocycles. The second kappa shape index (κ2) is 4.07. The molecule has 0 aromatic carbocycles. The van der Waals surface area contributed by atoms with E-state index >= 15 is 0 Å². The Hall–Kier alpha value is -0.0800. The average molecular weight is 158 g/mol. The summed E-state index contributed by atoms with van der Waals surface area (Å²) >= 11 is 0. The van der Waals surface area contributed by atoms with Crippen LogP contribution in [-0.4, -0.2) is 49.6 Å². The molecule has 0 aromatic heterocycles. The molecule has 1 aliphatic heterocycles. The predicted molar refractivity (Wildman–Crippen MR) is 50.9 cm³/mol. The van der Waals surface area contributed by atoms with Crippen LogP contribution in [0.2, 0.25) is 0 Å². The second-order valence-corrected chi connectivity index (χ2v) is 3.56. The van der Waals surface area contributed by atoms with E-state index in [2.05, 4.69) is 37.9 Å². The highest BCUT2D eigenvalue weighted by molar-refractivity contribution is 4.96. The normalized spacial score (nSPS) is 22.1. The molecule has 1 heterocycles. The standard InChI is InChI=1S/C7H16N2.C2H6/c1-7(8(2)3)5-9(4)6-7;1-2/h5-6H2,1-4H3;1-2H3. The molecule has 0 saturated carbocycles. The highest BCUT2D eigenvalue weighted by atomic mass is 15.3. The van der Waals surface area contributed by atoms with Gasteiger partial charge in [-0.2, -0.15) is 0 Å². The molecular formula is C9H22N2. The van der Waals surface area contributed by atoms with Crippen molar-refractivity contribution in [3.8, 4) is 0 Å². The summed E-state index contributed by atoms with van der Waals surface area (Å²) in [6, 6.07) is 0. The summed E-state index contributed by atoms with van der Waals surface area (Å²) in [4.78, 5) is 4.63. The smallest absolute Gasteiger partial charge is 0.0428 e. The van der Waals surface area contributed by atoms with Gasteiger partial charge in [-0.05, 0) is 28.1 Å². The van der Waals surface area contributed by atoms with Crippen molar-refractivity contribution in [3.63, 3.8) is 0 Å². The number of hydrogen-bond acceptors (Lipinski definition) is 2. The van der Waals surface area contributed by atoms with Gasteiger partial charge in [0.05, 0.1) is 0 Å². The quantitative estimate of drug-likeness (QED) is 0.567. The first-order valence-corrected chi connectivity index (χ1v) is 4.40. The molecule has 0 spiro atoms. The summed E-state index contributed by atoms with van der Waals surface area (Å²) in [5.74, 6) is 0. The molecule has 0 atom stereocenters. The minimum Gasteiger partial charge on any atom is -0.303 e. The number of rotatable bonds is 1. The Kier molecular flexibility index (Phi) is 4.04. The lowest BCUT2D eigenvalue weighted by molar-refractivity contribution is 0.00183. The Balaban J connectivity index is 0.000000461. The van der Waals surface area contributed by atoms with E-state index in [1.54, 1.807) is 0 Å². The first-order valence-electron chi connectivity index (χ1n) is 4.40. The number of nitrogens with zero attached hydrogens (tertiary/aromatic N) is 2. The van der Waals surface area contributed by atoms with E-state index in [9.17, 15) is 0 Å². The fourth-order valence-electron chi connectivity index (χ4n) is 1.40. The highest BCUT2D eigenvalue weighted by Crippen LogP contribution is 2.22. The molecule has 1 aliphatic rings. The van der Waals surface area contributed by atoms with Gasteiger partial charge in [0, 0.05) is 18.6 Å². The zero-order valence-corrected chi connectivity index (χ0v) is 8.81. The van der Waals surface area contributed by atoms with Gasteiger partial charge in [0.15, 0.2) is 0 Å². The molecule has 1 rings (SSSR count). The van der Waals surface area contributed by atoms with Crippen molar-refractivity contribution in [2.75, 3.05) is 34.2 Å². The third kappa shape index (κ3) is 2.46. The van der Waals surface area contributed by atoms with Crippen LogP contribution in [0.15, 0.2) is 0 Å². The maximum Gasteiger partial charge on any atom is 0.0428 e. The highest BCUT2D eigenvalue weighted by Gasteiger charge is 2.37. The van der Waals surface area contributed by atoms with E-state index in [0.29, 0.717) is 5.54 Å². The Morgan fingerprint density at radius 3 is 1.64 bits per heavy atom. The second-order valence-electron chi connectivity index (χ2n) is 3.56. The van der Waals surface area contributed by atoms with E-state index in [0.717, 1.165) is 0 Å².